The van der Waals surface area contributed by atoms with Gasteiger partial charge in [0, 0.05) is 18.2 Å². The summed E-state index contributed by atoms with van der Waals surface area (Å²) < 4.78 is 15.4. The van der Waals surface area contributed by atoms with E-state index in [0.717, 1.165) is 6.42 Å². The monoisotopic (exact) mass is 337 g/mol. The van der Waals surface area contributed by atoms with Gasteiger partial charge in [0.15, 0.2) is 11.5 Å². The van der Waals surface area contributed by atoms with Crippen molar-refractivity contribution >= 4 is 11.9 Å². The van der Waals surface area contributed by atoms with Crippen LogP contribution in [0.4, 0.5) is 0 Å². The number of ether oxygens (including phenoxy) is 3. The fourth-order valence-corrected chi connectivity index (χ4v) is 2.32. The molecule has 0 heterocycles. The Labute approximate surface area is 143 Å². The van der Waals surface area contributed by atoms with Crippen molar-refractivity contribution in [3.05, 3.63) is 23.8 Å². The molecule has 0 aliphatic rings. The van der Waals surface area contributed by atoms with Gasteiger partial charge in [-0.1, -0.05) is 6.92 Å². The summed E-state index contributed by atoms with van der Waals surface area (Å²) in [6, 6.07) is 5.07. The Morgan fingerprint density at radius 3 is 2.33 bits per heavy atom. The summed E-state index contributed by atoms with van der Waals surface area (Å²) in [6.07, 6.45) is 0.971. The average molecular weight is 337 g/mol. The first kappa shape index (κ1) is 19.8. The highest BCUT2D eigenvalue weighted by Gasteiger charge is 2.22. The molecule has 0 radical (unpaired) electrons. The number of hydrogen-bond acceptors (Lipinski definition) is 5. The molecule has 1 unspecified atom stereocenters. The molecule has 1 rings (SSSR count). The van der Waals surface area contributed by atoms with E-state index >= 15 is 0 Å². The lowest BCUT2D eigenvalue weighted by Gasteiger charge is -2.28. The van der Waals surface area contributed by atoms with Crippen molar-refractivity contribution in [1.29, 1.82) is 0 Å². The second-order valence-electron chi connectivity index (χ2n) is 5.38. The normalized spacial score (nSPS) is 11.5. The van der Waals surface area contributed by atoms with Crippen LogP contribution < -0.4 is 9.47 Å². The topological polar surface area (TPSA) is 65.1 Å². The zero-order chi connectivity index (χ0) is 18.1. The number of benzene rings is 1. The Bertz CT molecular complexity index is 558. The zero-order valence-electron chi connectivity index (χ0n) is 15.1. The maximum Gasteiger partial charge on any atom is 0.307 e. The van der Waals surface area contributed by atoms with Gasteiger partial charge in [0.1, 0.15) is 0 Å². The molecule has 0 spiro atoms. The Hall–Kier alpha value is -2.24. The summed E-state index contributed by atoms with van der Waals surface area (Å²) in [4.78, 5) is 26.2. The Morgan fingerprint density at radius 2 is 1.79 bits per heavy atom. The Kier molecular flexibility index (Phi) is 8.09. The molecule has 0 fully saturated rings. The van der Waals surface area contributed by atoms with Crippen LogP contribution in [0.1, 0.15) is 44.0 Å². The first-order valence-electron chi connectivity index (χ1n) is 8.17. The van der Waals surface area contributed by atoms with Crippen LogP contribution in [0, 0.1) is 0 Å². The number of hydrogen-bond donors (Lipinski definition) is 0. The lowest BCUT2D eigenvalue weighted by molar-refractivity contribution is -0.143. The van der Waals surface area contributed by atoms with Gasteiger partial charge >= 0.3 is 5.97 Å². The van der Waals surface area contributed by atoms with Crippen molar-refractivity contribution in [3.63, 3.8) is 0 Å². The Morgan fingerprint density at radius 1 is 1.12 bits per heavy atom. The molecule has 1 aromatic rings. The van der Waals surface area contributed by atoms with E-state index in [4.69, 9.17) is 14.2 Å². The molecule has 1 amide bonds. The maximum absolute atomic E-state index is 12.9. The van der Waals surface area contributed by atoms with Crippen molar-refractivity contribution in [2.45, 2.75) is 39.7 Å². The lowest BCUT2D eigenvalue weighted by Crippen LogP contribution is -2.40. The van der Waals surface area contributed by atoms with E-state index in [9.17, 15) is 9.59 Å². The molecule has 0 N–H and O–H groups in total. The van der Waals surface area contributed by atoms with Crippen LogP contribution in [0.3, 0.4) is 0 Å². The number of carbonyl (C=O) groups excluding carboxylic acids is 2. The van der Waals surface area contributed by atoms with Crippen molar-refractivity contribution < 1.29 is 23.8 Å². The fourth-order valence-electron chi connectivity index (χ4n) is 2.32. The van der Waals surface area contributed by atoms with E-state index in [-0.39, 0.29) is 24.3 Å². The van der Waals surface area contributed by atoms with Crippen LogP contribution in [0.2, 0.25) is 0 Å². The van der Waals surface area contributed by atoms with E-state index in [1.807, 2.05) is 13.8 Å². The third kappa shape index (κ3) is 5.15. The predicted octanol–water partition coefficient (Wildman–Crippen LogP) is 2.90. The molecule has 0 saturated carbocycles. The van der Waals surface area contributed by atoms with Gasteiger partial charge in [0.05, 0.1) is 27.2 Å². The number of carbonyl (C=O) groups is 2. The SMILES string of the molecule is CCOC(=O)CCN(C(=O)c1ccc(OC)c(OC)c1)C(C)CC. The summed E-state index contributed by atoms with van der Waals surface area (Å²) in [5, 5.41) is 0. The standard InChI is InChI=1S/C18H27NO5/c1-6-13(3)19(11-10-17(20)24-7-2)18(21)14-8-9-15(22-4)16(12-14)23-5/h8-9,12-13H,6-7,10-11H2,1-5H3. The highest BCUT2D eigenvalue weighted by Crippen LogP contribution is 2.28. The second kappa shape index (κ2) is 9.80. The van der Waals surface area contributed by atoms with Crippen LogP contribution in [0.25, 0.3) is 0 Å². The van der Waals surface area contributed by atoms with Gasteiger partial charge in [-0.15, -0.1) is 0 Å². The molecule has 0 aliphatic heterocycles. The van der Waals surface area contributed by atoms with Crippen molar-refractivity contribution in [3.8, 4) is 11.5 Å². The van der Waals surface area contributed by atoms with Gasteiger partial charge < -0.3 is 19.1 Å². The fraction of sp³-hybridized carbons (Fsp3) is 0.556. The summed E-state index contributed by atoms with van der Waals surface area (Å²) in [7, 11) is 3.07. The molecule has 6 nitrogen and oxygen atoms in total. The minimum Gasteiger partial charge on any atom is -0.493 e. The second-order valence-corrected chi connectivity index (χ2v) is 5.38. The van der Waals surface area contributed by atoms with Crippen molar-refractivity contribution in [1.82, 2.24) is 4.90 Å². The molecular weight excluding hydrogens is 310 g/mol. The quantitative estimate of drug-likeness (QED) is 0.648. The van der Waals surface area contributed by atoms with Crippen LogP contribution >= 0.6 is 0 Å². The minimum atomic E-state index is -0.300. The van der Waals surface area contributed by atoms with E-state index in [1.165, 1.54) is 7.11 Å². The third-order valence-electron chi connectivity index (χ3n) is 3.88. The van der Waals surface area contributed by atoms with E-state index in [0.29, 0.717) is 30.2 Å². The predicted molar refractivity (Wildman–Crippen MR) is 91.6 cm³/mol. The number of methoxy groups -OCH3 is 2. The van der Waals surface area contributed by atoms with Gasteiger partial charge in [0.2, 0.25) is 0 Å². The largest absolute Gasteiger partial charge is 0.493 e. The number of rotatable bonds is 9. The highest BCUT2D eigenvalue weighted by atomic mass is 16.5. The molecule has 1 atom stereocenters. The average Bonchev–Trinajstić information content (AvgIpc) is 2.60. The molecule has 6 heteroatoms. The molecule has 24 heavy (non-hydrogen) atoms. The minimum absolute atomic E-state index is 0.0139. The van der Waals surface area contributed by atoms with Crippen molar-refractivity contribution in [2.24, 2.45) is 0 Å². The number of nitrogens with zero attached hydrogens (tertiary/aromatic N) is 1. The number of amides is 1. The lowest BCUT2D eigenvalue weighted by atomic mass is 10.1. The summed E-state index contributed by atoms with van der Waals surface area (Å²) >= 11 is 0. The van der Waals surface area contributed by atoms with Crippen LogP contribution in [-0.4, -0.2) is 50.2 Å². The molecule has 0 aliphatic carbocycles. The van der Waals surface area contributed by atoms with E-state index < -0.39 is 0 Å². The summed E-state index contributed by atoms with van der Waals surface area (Å²) in [5.74, 6) is 0.619. The first-order chi connectivity index (χ1) is 11.5. The maximum atomic E-state index is 12.9. The van der Waals surface area contributed by atoms with Gasteiger partial charge in [-0.05, 0) is 38.5 Å². The molecule has 0 aromatic heterocycles. The third-order valence-corrected chi connectivity index (χ3v) is 3.88. The molecule has 0 saturated heterocycles. The summed E-state index contributed by atoms with van der Waals surface area (Å²) in [5.41, 5.74) is 0.497. The zero-order valence-corrected chi connectivity index (χ0v) is 15.1. The smallest absolute Gasteiger partial charge is 0.307 e. The van der Waals surface area contributed by atoms with E-state index in [1.54, 1.807) is 37.1 Å². The number of esters is 1. The van der Waals surface area contributed by atoms with Crippen LogP contribution in [0.15, 0.2) is 18.2 Å². The molecule has 1 aromatic carbocycles. The van der Waals surface area contributed by atoms with Crippen molar-refractivity contribution in [2.75, 3.05) is 27.4 Å². The van der Waals surface area contributed by atoms with Gasteiger partial charge in [0.25, 0.3) is 5.91 Å². The Balaban J connectivity index is 2.97. The van der Waals surface area contributed by atoms with Gasteiger partial charge in [-0.2, -0.15) is 0 Å². The molecule has 134 valence electrons. The van der Waals surface area contributed by atoms with Gasteiger partial charge in [-0.3, -0.25) is 9.59 Å². The first-order valence-corrected chi connectivity index (χ1v) is 8.17. The highest BCUT2D eigenvalue weighted by molar-refractivity contribution is 5.95. The van der Waals surface area contributed by atoms with E-state index in [2.05, 4.69) is 0 Å². The van der Waals surface area contributed by atoms with Gasteiger partial charge in [-0.25, -0.2) is 0 Å². The molecule has 0 bridgehead atoms. The summed E-state index contributed by atoms with van der Waals surface area (Å²) in [6.45, 7) is 6.39. The van der Waals surface area contributed by atoms with Crippen LogP contribution in [0.5, 0.6) is 11.5 Å². The molecular formula is C18H27NO5. The van der Waals surface area contributed by atoms with Crippen LogP contribution in [-0.2, 0) is 9.53 Å².